The molecule has 0 aromatic heterocycles. The first kappa shape index (κ1) is 10.7. The molecule has 0 saturated carbocycles. The van der Waals surface area contributed by atoms with Gasteiger partial charge in [-0.25, -0.2) is 0 Å². The molecule has 0 fully saturated rings. The Kier molecular flexibility index (Phi) is 3.65. The summed E-state index contributed by atoms with van der Waals surface area (Å²) in [5, 5.41) is 18.1. The Hall–Kier alpha value is -1.35. The summed E-state index contributed by atoms with van der Waals surface area (Å²) in [5.74, 6) is -1.68. The average molecular weight is 194 g/mol. The summed E-state index contributed by atoms with van der Waals surface area (Å²) < 4.78 is 0. The van der Waals surface area contributed by atoms with Crippen molar-refractivity contribution in [3.05, 3.63) is 35.9 Å². The van der Waals surface area contributed by atoms with Gasteiger partial charge in [0.1, 0.15) is 0 Å². The van der Waals surface area contributed by atoms with Crippen LogP contribution >= 0.6 is 0 Å². The third-order valence-electron chi connectivity index (χ3n) is 2.20. The normalized spacial score (nSPS) is 14.7. The minimum Gasteiger partial charge on any atom is -0.481 e. The van der Waals surface area contributed by atoms with Crippen molar-refractivity contribution in [3.8, 4) is 0 Å². The SMILES string of the molecule is C[C@H](O)[C@H](Cc1ccccc1)C(=O)O. The zero-order valence-corrected chi connectivity index (χ0v) is 8.05. The summed E-state index contributed by atoms with van der Waals surface area (Å²) in [6.45, 7) is 1.50. The first-order valence-electron chi connectivity index (χ1n) is 4.56. The number of rotatable bonds is 4. The molecule has 0 aliphatic rings. The molecule has 2 N–H and O–H groups in total. The molecule has 2 atom stereocenters. The number of carbonyl (C=O) groups is 1. The maximum absolute atomic E-state index is 10.8. The second-order valence-corrected chi connectivity index (χ2v) is 3.38. The van der Waals surface area contributed by atoms with Crippen molar-refractivity contribution in [2.75, 3.05) is 0 Å². The van der Waals surface area contributed by atoms with E-state index in [4.69, 9.17) is 5.11 Å². The molecule has 0 saturated heterocycles. The molecular weight excluding hydrogens is 180 g/mol. The van der Waals surface area contributed by atoms with Gasteiger partial charge in [-0.15, -0.1) is 0 Å². The molecule has 1 rings (SSSR count). The van der Waals surface area contributed by atoms with Crippen molar-refractivity contribution >= 4 is 5.97 Å². The van der Waals surface area contributed by atoms with Gasteiger partial charge in [0, 0.05) is 0 Å². The highest BCUT2D eigenvalue weighted by atomic mass is 16.4. The van der Waals surface area contributed by atoms with Crippen LogP contribution in [0.15, 0.2) is 30.3 Å². The fraction of sp³-hybridized carbons (Fsp3) is 0.364. The van der Waals surface area contributed by atoms with E-state index in [9.17, 15) is 9.90 Å². The van der Waals surface area contributed by atoms with Gasteiger partial charge in [0.15, 0.2) is 0 Å². The lowest BCUT2D eigenvalue weighted by Crippen LogP contribution is -2.27. The van der Waals surface area contributed by atoms with Gasteiger partial charge < -0.3 is 10.2 Å². The number of aliphatic hydroxyl groups excluding tert-OH is 1. The maximum Gasteiger partial charge on any atom is 0.309 e. The van der Waals surface area contributed by atoms with Gasteiger partial charge in [0.25, 0.3) is 0 Å². The summed E-state index contributed by atoms with van der Waals surface area (Å²) in [7, 11) is 0. The highest BCUT2D eigenvalue weighted by Crippen LogP contribution is 2.12. The number of hydrogen-bond donors (Lipinski definition) is 2. The Bertz CT molecular complexity index is 293. The molecule has 0 unspecified atom stereocenters. The molecule has 14 heavy (non-hydrogen) atoms. The van der Waals surface area contributed by atoms with Crippen LogP contribution < -0.4 is 0 Å². The number of aliphatic carboxylic acids is 1. The number of hydrogen-bond acceptors (Lipinski definition) is 2. The van der Waals surface area contributed by atoms with Crippen LogP contribution in [-0.2, 0) is 11.2 Å². The lowest BCUT2D eigenvalue weighted by Gasteiger charge is -2.14. The molecule has 0 radical (unpaired) electrons. The van der Waals surface area contributed by atoms with E-state index in [0.29, 0.717) is 6.42 Å². The summed E-state index contributed by atoms with van der Waals surface area (Å²) >= 11 is 0. The molecule has 0 aliphatic heterocycles. The van der Waals surface area contributed by atoms with Crippen molar-refractivity contribution in [1.82, 2.24) is 0 Å². The third-order valence-corrected chi connectivity index (χ3v) is 2.20. The van der Waals surface area contributed by atoms with Crippen molar-refractivity contribution in [1.29, 1.82) is 0 Å². The van der Waals surface area contributed by atoms with E-state index in [1.165, 1.54) is 6.92 Å². The van der Waals surface area contributed by atoms with Crippen LogP contribution in [-0.4, -0.2) is 22.3 Å². The van der Waals surface area contributed by atoms with E-state index in [-0.39, 0.29) is 0 Å². The van der Waals surface area contributed by atoms with Gasteiger partial charge in [-0.3, -0.25) is 4.79 Å². The van der Waals surface area contributed by atoms with Crippen LogP contribution in [0.5, 0.6) is 0 Å². The molecule has 3 nitrogen and oxygen atoms in total. The molecule has 3 heteroatoms. The van der Waals surface area contributed by atoms with E-state index in [1.54, 1.807) is 0 Å². The fourth-order valence-corrected chi connectivity index (χ4v) is 1.33. The predicted octanol–water partition coefficient (Wildman–Crippen LogP) is 1.31. The average Bonchev–Trinajstić information content (AvgIpc) is 2.15. The van der Waals surface area contributed by atoms with Gasteiger partial charge in [-0.2, -0.15) is 0 Å². The summed E-state index contributed by atoms with van der Waals surface area (Å²) in [4.78, 5) is 10.8. The first-order valence-corrected chi connectivity index (χ1v) is 4.56. The largest absolute Gasteiger partial charge is 0.481 e. The summed E-state index contributed by atoms with van der Waals surface area (Å²) in [6, 6.07) is 9.31. The third kappa shape index (κ3) is 2.85. The Morgan fingerprint density at radius 2 is 1.93 bits per heavy atom. The molecule has 0 bridgehead atoms. The van der Waals surface area contributed by atoms with E-state index in [2.05, 4.69) is 0 Å². The zero-order chi connectivity index (χ0) is 10.6. The van der Waals surface area contributed by atoms with Crippen molar-refractivity contribution in [3.63, 3.8) is 0 Å². The molecule has 0 aliphatic carbocycles. The summed E-state index contributed by atoms with van der Waals surface area (Å²) in [6.07, 6.45) is -0.457. The highest BCUT2D eigenvalue weighted by Gasteiger charge is 2.22. The molecule has 1 aromatic rings. The Morgan fingerprint density at radius 3 is 2.36 bits per heavy atom. The standard InChI is InChI=1S/C11H14O3/c1-8(12)10(11(13)14)7-9-5-3-2-4-6-9/h2-6,8,10,12H,7H2,1H3,(H,13,14)/t8-,10-/m0/s1. The molecule has 0 heterocycles. The number of benzene rings is 1. The predicted molar refractivity (Wildman–Crippen MR) is 53.0 cm³/mol. The Labute approximate surface area is 83.0 Å². The van der Waals surface area contributed by atoms with Gasteiger partial charge in [0.2, 0.25) is 0 Å². The number of carboxylic acids is 1. The molecule has 1 aromatic carbocycles. The van der Waals surface area contributed by atoms with Crippen molar-refractivity contribution in [2.45, 2.75) is 19.4 Å². The summed E-state index contributed by atoms with van der Waals surface area (Å²) in [5.41, 5.74) is 0.931. The Morgan fingerprint density at radius 1 is 1.36 bits per heavy atom. The van der Waals surface area contributed by atoms with Gasteiger partial charge >= 0.3 is 5.97 Å². The highest BCUT2D eigenvalue weighted by molar-refractivity contribution is 5.71. The maximum atomic E-state index is 10.8. The number of aliphatic hydroxyl groups is 1. The molecule has 0 amide bonds. The van der Waals surface area contributed by atoms with Crippen LogP contribution in [0.2, 0.25) is 0 Å². The first-order chi connectivity index (χ1) is 6.61. The van der Waals surface area contributed by atoms with Crippen molar-refractivity contribution in [2.24, 2.45) is 5.92 Å². The van der Waals surface area contributed by atoms with Gasteiger partial charge in [0.05, 0.1) is 12.0 Å². The van der Waals surface area contributed by atoms with Gasteiger partial charge in [-0.05, 0) is 18.9 Å². The lowest BCUT2D eigenvalue weighted by atomic mass is 9.95. The van der Waals surface area contributed by atoms with Crippen LogP contribution in [0.3, 0.4) is 0 Å². The van der Waals surface area contributed by atoms with Crippen LogP contribution in [0.25, 0.3) is 0 Å². The van der Waals surface area contributed by atoms with Crippen molar-refractivity contribution < 1.29 is 15.0 Å². The van der Waals surface area contributed by atoms with E-state index in [1.807, 2.05) is 30.3 Å². The smallest absolute Gasteiger partial charge is 0.309 e. The monoisotopic (exact) mass is 194 g/mol. The minimum atomic E-state index is -0.955. The lowest BCUT2D eigenvalue weighted by molar-refractivity contribution is -0.145. The molecule has 76 valence electrons. The van der Waals surface area contributed by atoms with E-state index in [0.717, 1.165) is 5.56 Å². The van der Waals surface area contributed by atoms with Crippen LogP contribution in [0.4, 0.5) is 0 Å². The minimum absolute atomic E-state index is 0.369. The zero-order valence-electron chi connectivity index (χ0n) is 8.05. The molecular formula is C11H14O3. The molecule has 0 spiro atoms. The van der Waals surface area contributed by atoms with E-state index < -0.39 is 18.0 Å². The van der Waals surface area contributed by atoms with E-state index >= 15 is 0 Å². The second-order valence-electron chi connectivity index (χ2n) is 3.38. The quantitative estimate of drug-likeness (QED) is 0.759. The topological polar surface area (TPSA) is 57.5 Å². The van der Waals surface area contributed by atoms with Gasteiger partial charge in [-0.1, -0.05) is 30.3 Å². The fourth-order valence-electron chi connectivity index (χ4n) is 1.33. The second kappa shape index (κ2) is 4.77. The number of carboxylic acid groups (broad SMARTS) is 1. The Balaban J connectivity index is 2.70. The van der Waals surface area contributed by atoms with Crippen LogP contribution in [0, 0.1) is 5.92 Å². The van der Waals surface area contributed by atoms with Crippen LogP contribution in [0.1, 0.15) is 12.5 Å².